The van der Waals surface area contributed by atoms with E-state index in [1.165, 1.54) is 11.0 Å². The Hall–Kier alpha value is -2.15. The summed E-state index contributed by atoms with van der Waals surface area (Å²) in [5, 5.41) is 13.9. The van der Waals surface area contributed by atoms with Crippen LogP contribution in [-0.4, -0.2) is 49.6 Å². The van der Waals surface area contributed by atoms with Gasteiger partial charge in [0.1, 0.15) is 5.69 Å². The summed E-state index contributed by atoms with van der Waals surface area (Å²) < 4.78 is 4.90. The number of nitro benzene ring substituents is 1. The predicted molar refractivity (Wildman–Crippen MR) is 76.1 cm³/mol. The molecular formula is C13H19N3O4. The maximum atomic E-state index is 12.1. The topological polar surface area (TPSA) is 84.7 Å². The maximum Gasteiger partial charge on any atom is 0.293 e. The number of nitrogens with zero attached hydrogens (tertiary/aromatic N) is 2. The van der Waals surface area contributed by atoms with Crippen LogP contribution < -0.4 is 5.32 Å². The summed E-state index contributed by atoms with van der Waals surface area (Å²) in [5.41, 5.74) is 0.600. The Morgan fingerprint density at radius 1 is 1.50 bits per heavy atom. The van der Waals surface area contributed by atoms with E-state index in [1.807, 2.05) is 6.92 Å². The highest BCUT2D eigenvalue weighted by Crippen LogP contribution is 2.25. The number of rotatable bonds is 7. The number of hydrogen-bond acceptors (Lipinski definition) is 5. The van der Waals surface area contributed by atoms with Crippen LogP contribution in [0.4, 0.5) is 11.4 Å². The fraction of sp³-hybridized carbons (Fsp3) is 0.462. The van der Waals surface area contributed by atoms with Crippen LogP contribution in [0.3, 0.4) is 0 Å². The largest absolute Gasteiger partial charge is 0.383 e. The van der Waals surface area contributed by atoms with Crippen molar-refractivity contribution in [3.8, 4) is 0 Å². The second-order valence-corrected chi connectivity index (χ2v) is 4.24. The molecule has 0 aliphatic carbocycles. The quantitative estimate of drug-likeness (QED) is 0.608. The number of anilines is 1. The van der Waals surface area contributed by atoms with Gasteiger partial charge in [-0.3, -0.25) is 14.9 Å². The molecule has 0 aliphatic rings. The van der Waals surface area contributed by atoms with Crippen molar-refractivity contribution in [2.75, 3.05) is 39.2 Å². The van der Waals surface area contributed by atoms with Crippen LogP contribution in [0.1, 0.15) is 17.3 Å². The zero-order valence-corrected chi connectivity index (χ0v) is 11.9. The standard InChI is InChI=1S/C13H19N3O4/c1-4-14-11-6-5-10(9-12(11)16(18)19)13(17)15(2)7-8-20-3/h5-6,9,14H,4,7-8H2,1-3H3. The summed E-state index contributed by atoms with van der Waals surface area (Å²) >= 11 is 0. The molecule has 0 saturated heterocycles. The van der Waals surface area contributed by atoms with Gasteiger partial charge >= 0.3 is 0 Å². The molecule has 0 atom stereocenters. The van der Waals surface area contributed by atoms with Crippen molar-refractivity contribution in [3.05, 3.63) is 33.9 Å². The number of methoxy groups -OCH3 is 1. The Bertz CT molecular complexity index is 491. The third-order valence-electron chi connectivity index (χ3n) is 2.79. The summed E-state index contributed by atoms with van der Waals surface area (Å²) in [4.78, 5) is 24.1. The number of carbonyl (C=O) groups excluding carboxylic acids is 1. The molecule has 0 spiro atoms. The molecule has 0 bridgehead atoms. The first-order chi connectivity index (χ1) is 9.51. The predicted octanol–water partition coefficient (Wildman–Crippen LogP) is 1.74. The Balaban J connectivity index is 2.99. The first kappa shape index (κ1) is 15.9. The van der Waals surface area contributed by atoms with Gasteiger partial charge in [0.25, 0.3) is 11.6 Å². The molecular weight excluding hydrogens is 262 g/mol. The van der Waals surface area contributed by atoms with E-state index in [2.05, 4.69) is 5.32 Å². The fourth-order valence-electron chi connectivity index (χ4n) is 1.71. The van der Waals surface area contributed by atoms with Crippen molar-refractivity contribution in [3.63, 3.8) is 0 Å². The van der Waals surface area contributed by atoms with Gasteiger partial charge in [-0.2, -0.15) is 0 Å². The molecule has 0 saturated carbocycles. The summed E-state index contributed by atoms with van der Waals surface area (Å²) in [7, 11) is 3.18. The van der Waals surface area contributed by atoms with Crippen LogP contribution in [0.25, 0.3) is 0 Å². The normalized spacial score (nSPS) is 10.2. The van der Waals surface area contributed by atoms with E-state index in [1.54, 1.807) is 26.3 Å². The minimum atomic E-state index is -0.496. The lowest BCUT2D eigenvalue weighted by Gasteiger charge is -2.16. The molecule has 1 rings (SSSR count). The van der Waals surface area contributed by atoms with Gasteiger partial charge in [0, 0.05) is 38.9 Å². The van der Waals surface area contributed by atoms with Gasteiger partial charge < -0.3 is 15.0 Å². The minimum Gasteiger partial charge on any atom is -0.383 e. The lowest BCUT2D eigenvalue weighted by Crippen LogP contribution is -2.30. The van der Waals surface area contributed by atoms with Gasteiger partial charge in [-0.1, -0.05) is 0 Å². The van der Waals surface area contributed by atoms with Crippen molar-refractivity contribution < 1.29 is 14.5 Å². The van der Waals surface area contributed by atoms with E-state index < -0.39 is 4.92 Å². The fourth-order valence-corrected chi connectivity index (χ4v) is 1.71. The Kier molecular flexibility index (Phi) is 5.92. The third kappa shape index (κ3) is 3.92. The van der Waals surface area contributed by atoms with E-state index in [0.717, 1.165) is 0 Å². The monoisotopic (exact) mass is 281 g/mol. The van der Waals surface area contributed by atoms with Crippen LogP contribution in [0.2, 0.25) is 0 Å². The Morgan fingerprint density at radius 2 is 2.20 bits per heavy atom. The first-order valence-electron chi connectivity index (χ1n) is 6.28. The highest BCUT2D eigenvalue weighted by Gasteiger charge is 2.19. The lowest BCUT2D eigenvalue weighted by atomic mass is 10.1. The number of benzene rings is 1. The average molecular weight is 281 g/mol. The molecule has 20 heavy (non-hydrogen) atoms. The molecule has 7 heteroatoms. The number of hydrogen-bond donors (Lipinski definition) is 1. The minimum absolute atomic E-state index is 0.0992. The van der Waals surface area contributed by atoms with Crippen molar-refractivity contribution >= 4 is 17.3 Å². The van der Waals surface area contributed by atoms with E-state index in [4.69, 9.17) is 4.74 Å². The van der Waals surface area contributed by atoms with E-state index in [9.17, 15) is 14.9 Å². The third-order valence-corrected chi connectivity index (χ3v) is 2.79. The molecule has 1 aromatic rings. The molecule has 0 radical (unpaired) electrons. The van der Waals surface area contributed by atoms with Crippen LogP contribution in [0.5, 0.6) is 0 Å². The van der Waals surface area contributed by atoms with Gasteiger partial charge in [0.05, 0.1) is 11.5 Å². The molecule has 0 unspecified atom stereocenters. The number of nitrogens with one attached hydrogen (secondary N) is 1. The SMILES string of the molecule is CCNc1ccc(C(=O)N(C)CCOC)cc1[N+](=O)[O-]. The molecule has 0 heterocycles. The zero-order valence-electron chi connectivity index (χ0n) is 11.9. The van der Waals surface area contributed by atoms with Gasteiger partial charge in [-0.25, -0.2) is 0 Å². The number of carbonyl (C=O) groups is 1. The number of nitro groups is 1. The van der Waals surface area contributed by atoms with Gasteiger partial charge in [-0.05, 0) is 19.1 Å². The summed E-state index contributed by atoms with van der Waals surface area (Å²) in [6.45, 7) is 3.26. The van der Waals surface area contributed by atoms with Crippen LogP contribution in [0, 0.1) is 10.1 Å². The molecule has 1 N–H and O–H groups in total. The highest BCUT2D eigenvalue weighted by atomic mass is 16.6. The van der Waals surface area contributed by atoms with Crippen molar-refractivity contribution in [1.29, 1.82) is 0 Å². The van der Waals surface area contributed by atoms with Crippen LogP contribution >= 0.6 is 0 Å². The lowest BCUT2D eigenvalue weighted by molar-refractivity contribution is -0.384. The number of likely N-dealkylation sites (N-methyl/N-ethyl adjacent to an activating group) is 1. The van der Waals surface area contributed by atoms with Crippen LogP contribution in [-0.2, 0) is 4.74 Å². The zero-order chi connectivity index (χ0) is 15.1. The second-order valence-electron chi connectivity index (χ2n) is 4.24. The van der Waals surface area contributed by atoms with Crippen molar-refractivity contribution in [2.24, 2.45) is 0 Å². The summed E-state index contributed by atoms with van der Waals surface area (Å²) in [5.74, 6) is -0.270. The molecule has 0 aromatic heterocycles. The molecule has 0 fully saturated rings. The Labute approximate surface area is 117 Å². The maximum absolute atomic E-state index is 12.1. The van der Waals surface area contributed by atoms with Crippen molar-refractivity contribution in [2.45, 2.75) is 6.92 Å². The highest BCUT2D eigenvalue weighted by molar-refractivity contribution is 5.95. The second kappa shape index (κ2) is 7.44. The van der Waals surface area contributed by atoms with E-state index in [0.29, 0.717) is 25.4 Å². The van der Waals surface area contributed by atoms with Crippen molar-refractivity contribution in [1.82, 2.24) is 4.90 Å². The van der Waals surface area contributed by atoms with E-state index >= 15 is 0 Å². The summed E-state index contributed by atoms with van der Waals surface area (Å²) in [6.07, 6.45) is 0. The molecule has 0 aliphatic heterocycles. The average Bonchev–Trinajstić information content (AvgIpc) is 2.44. The van der Waals surface area contributed by atoms with E-state index in [-0.39, 0.29) is 17.2 Å². The Morgan fingerprint density at radius 3 is 2.75 bits per heavy atom. The smallest absolute Gasteiger partial charge is 0.293 e. The van der Waals surface area contributed by atoms with Gasteiger partial charge in [0.15, 0.2) is 0 Å². The van der Waals surface area contributed by atoms with Gasteiger partial charge in [-0.15, -0.1) is 0 Å². The summed E-state index contributed by atoms with van der Waals surface area (Å²) in [6, 6.07) is 4.43. The first-order valence-corrected chi connectivity index (χ1v) is 6.28. The van der Waals surface area contributed by atoms with Crippen LogP contribution in [0.15, 0.2) is 18.2 Å². The number of ether oxygens (including phenoxy) is 1. The molecule has 110 valence electrons. The molecule has 1 aromatic carbocycles. The molecule has 7 nitrogen and oxygen atoms in total. The molecule has 1 amide bonds. The van der Waals surface area contributed by atoms with Gasteiger partial charge in [0.2, 0.25) is 0 Å². The number of amides is 1.